The number of benzene rings is 1. The van der Waals surface area contributed by atoms with Crippen molar-refractivity contribution in [2.75, 3.05) is 25.0 Å². The highest BCUT2D eigenvalue weighted by Crippen LogP contribution is 2.17. The molecule has 0 radical (unpaired) electrons. The molecule has 0 aliphatic carbocycles. The average molecular weight is 400 g/mol. The highest BCUT2D eigenvalue weighted by atomic mass is 16.1. The summed E-state index contributed by atoms with van der Waals surface area (Å²) < 4.78 is 0. The van der Waals surface area contributed by atoms with Crippen molar-refractivity contribution in [1.29, 1.82) is 5.26 Å². The summed E-state index contributed by atoms with van der Waals surface area (Å²) in [5, 5.41) is 9.34. The molecular formula is C23H24N6O. The van der Waals surface area contributed by atoms with Crippen LogP contribution in [0.15, 0.2) is 53.6 Å². The molecule has 7 nitrogen and oxygen atoms in total. The number of hydrogen-bond donors (Lipinski definition) is 1. The minimum atomic E-state index is -0.0627. The number of hydrogen-bond acceptors (Lipinski definition) is 6. The predicted molar refractivity (Wildman–Crippen MR) is 115 cm³/mol. The average Bonchev–Trinajstić information content (AvgIpc) is 2.97. The molecule has 0 unspecified atom stereocenters. The van der Waals surface area contributed by atoms with E-state index < -0.39 is 0 Å². The van der Waals surface area contributed by atoms with Crippen LogP contribution in [0, 0.1) is 11.3 Å². The van der Waals surface area contributed by atoms with Crippen LogP contribution in [-0.4, -0.2) is 40.0 Å². The van der Waals surface area contributed by atoms with E-state index in [1.807, 2.05) is 54.5 Å². The normalized spacial score (nSPS) is 13.9. The minimum Gasteiger partial charge on any atom is -0.341 e. The van der Waals surface area contributed by atoms with E-state index in [4.69, 9.17) is 4.98 Å². The Bertz CT molecular complexity index is 1120. The third-order valence-electron chi connectivity index (χ3n) is 5.47. The maximum Gasteiger partial charge on any atom is 0.255 e. The second-order valence-electron chi connectivity index (χ2n) is 7.58. The molecule has 1 aliphatic rings. The van der Waals surface area contributed by atoms with E-state index in [-0.39, 0.29) is 5.56 Å². The smallest absolute Gasteiger partial charge is 0.255 e. The standard InChI is InChI=1S/C23H24N6O/c1-28(15-17-5-4-10-25-14-17)23-26-21-9-12-29(11-8-20(21)22(30)27-23)16-19-7-3-2-6-18(19)13-24/h2-7,10,14H,8-9,11-12,15-16H2,1H3,(H,26,27,30). The van der Waals surface area contributed by atoms with Gasteiger partial charge in [0.25, 0.3) is 5.56 Å². The summed E-state index contributed by atoms with van der Waals surface area (Å²) in [5.74, 6) is 0.575. The predicted octanol–water partition coefficient (Wildman–Crippen LogP) is 2.27. The quantitative estimate of drug-likeness (QED) is 0.707. The van der Waals surface area contributed by atoms with Crippen molar-refractivity contribution in [2.45, 2.75) is 25.9 Å². The van der Waals surface area contributed by atoms with E-state index in [1.165, 1.54) is 0 Å². The van der Waals surface area contributed by atoms with Gasteiger partial charge in [-0.2, -0.15) is 5.26 Å². The van der Waals surface area contributed by atoms with Gasteiger partial charge in [0.1, 0.15) is 0 Å². The lowest BCUT2D eigenvalue weighted by molar-refractivity contribution is 0.278. The fraction of sp³-hybridized carbons (Fsp3) is 0.304. The summed E-state index contributed by atoms with van der Waals surface area (Å²) in [6.07, 6.45) is 4.92. The van der Waals surface area contributed by atoms with E-state index >= 15 is 0 Å². The maximum atomic E-state index is 12.8. The van der Waals surface area contributed by atoms with Gasteiger partial charge in [0.05, 0.1) is 17.3 Å². The van der Waals surface area contributed by atoms with E-state index in [0.29, 0.717) is 37.4 Å². The Kier molecular flexibility index (Phi) is 5.87. The topological polar surface area (TPSA) is 88.9 Å². The van der Waals surface area contributed by atoms with Crippen LogP contribution in [0.4, 0.5) is 5.95 Å². The summed E-state index contributed by atoms with van der Waals surface area (Å²) >= 11 is 0. The van der Waals surface area contributed by atoms with Crippen LogP contribution in [0.25, 0.3) is 0 Å². The Morgan fingerprint density at radius 3 is 2.83 bits per heavy atom. The number of nitriles is 1. The molecule has 3 heterocycles. The van der Waals surface area contributed by atoms with E-state index in [0.717, 1.165) is 35.5 Å². The molecule has 152 valence electrons. The molecule has 7 heteroatoms. The lowest BCUT2D eigenvalue weighted by atomic mass is 10.1. The van der Waals surface area contributed by atoms with Gasteiger partial charge in [0.15, 0.2) is 0 Å². The monoisotopic (exact) mass is 400 g/mol. The van der Waals surface area contributed by atoms with Crippen molar-refractivity contribution in [1.82, 2.24) is 19.9 Å². The highest BCUT2D eigenvalue weighted by Gasteiger charge is 2.20. The number of fused-ring (bicyclic) bond motifs is 1. The van der Waals surface area contributed by atoms with Gasteiger partial charge in [-0.05, 0) is 29.7 Å². The molecule has 30 heavy (non-hydrogen) atoms. The summed E-state index contributed by atoms with van der Waals surface area (Å²) in [7, 11) is 1.92. The van der Waals surface area contributed by atoms with Crippen molar-refractivity contribution < 1.29 is 0 Å². The summed E-state index contributed by atoms with van der Waals surface area (Å²) in [4.78, 5) is 28.8. The van der Waals surface area contributed by atoms with Crippen molar-refractivity contribution in [3.05, 3.63) is 87.1 Å². The number of nitrogens with one attached hydrogen (secondary N) is 1. The van der Waals surface area contributed by atoms with Crippen LogP contribution in [0.2, 0.25) is 0 Å². The first-order valence-corrected chi connectivity index (χ1v) is 10.1. The number of rotatable bonds is 5. The fourth-order valence-electron chi connectivity index (χ4n) is 3.83. The minimum absolute atomic E-state index is 0.0627. The van der Waals surface area contributed by atoms with Crippen molar-refractivity contribution in [3.63, 3.8) is 0 Å². The molecule has 0 spiro atoms. The molecule has 0 saturated carbocycles. The molecule has 0 saturated heterocycles. The van der Waals surface area contributed by atoms with Gasteiger partial charge in [0.2, 0.25) is 5.95 Å². The fourth-order valence-corrected chi connectivity index (χ4v) is 3.83. The Morgan fingerprint density at radius 2 is 2.03 bits per heavy atom. The zero-order chi connectivity index (χ0) is 20.9. The Balaban J connectivity index is 1.50. The van der Waals surface area contributed by atoms with Crippen LogP contribution in [0.3, 0.4) is 0 Å². The molecule has 2 aromatic heterocycles. The van der Waals surface area contributed by atoms with Gasteiger partial charge >= 0.3 is 0 Å². The van der Waals surface area contributed by atoms with E-state index in [9.17, 15) is 10.1 Å². The number of aromatic amines is 1. The molecule has 1 N–H and O–H groups in total. The number of anilines is 1. The molecule has 0 fully saturated rings. The van der Waals surface area contributed by atoms with Crippen LogP contribution >= 0.6 is 0 Å². The van der Waals surface area contributed by atoms with Gasteiger partial charge in [-0.15, -0.1) is 0 Å². The first-order chi connectivity index (χ1) is 14.6. The van der Waals surface area contributed by atoms with Crippen molar-refractivity contribution >= 4 is 5.95 Å². The Morgan fingerprint density at radius 1 is 1.20 bits per heavy atom. The first kappa shape index (κ1) is 19.8. The molecule has 0 atom stereocenters. The van der Waals surface area contributed by atoms with Gasteiger partial charge in [-0.3, -0.25) is 19.7 Å². The maximum absolute atomic E-state index is 12.8. The van der Waals surface area contributed by atoms with Crippen LogP contribution in [0.5, 0.6) is 0 Å². The van der Waals surface area contributed by atoms with Crippen LogP contribution in [-0.2, 0) is 25.9 Å². The van der Waals surface area contributed by atoms with Crippen molar-refractivity contribution in [3.8, 4) is 6.07 Å². The largest absolute Gasteiger partial charge is 0.341 e. The Hall–Kier alpha value is -3.50. The van der Waals surface area contributed by atoms with Gasteiger partial charge in [-0.25, -0.2) is 4.98 Å². The second kappa shape index (κ2) is 8.89. The first-order valence-electron chi connectivity index (χ1n) is 10.1. The van der Waals surface area contributed by atoms with Crippen LogP contribution in [0.1, 0.15) is 27.9 Å². The lowest BCUT2D eigenvalue weighted by Gasteiger charge is -2.20. The molecule has 0 amide bonds. The number of pyridine rings is 1. The number of H-pyrrole nitrogens is 1. The van der Waals surface area contributed by atoms with Gasteiger partial charge < -0.3 is 4.90 Å². The summed E-state index contributed by atoms with van der Waals surface area (Å²) in [6.45, 7) is 2.88. The molecule has 1 aromatic carbocycles. The molecule has 0 bridgehead atoms. The summed E-state index contributed by atoms with van der Waals surface area (Å²) in [6, 6.07) is 13.8. The second-order valence-corrected chi connectivity index (χ2v) is 7.58. The van der Waals surface area contributed by atoms with Crippen LogP contribution < -0.4 is 10.5 Å². The highest BCUT2D eigenvalue weighted by molar-refractivity contribution is 5.38. The zero-order valence-corrected chi connectivity index (χ0v) is 17.0. The third kappa shape index (κ3) is 4.39. The molecule has 3 aromatic rings. The summed E-state index contributed by atoms with van der Waals surface area (Å²) in [5.41, 5.74) is 4.35. The third-order valence-corrected chi connectivity index (χ3v) is 5.47. The van der Waals surface area contributed by atoms with E-state index in [1.54, 1.807) is 6.20 Å². The zero-order valence-electron chi connectivity index (χ0n) is 17.0. The van der Waals surface area contributed by atoms with Gasteiger partial charge in [0, 0.05) is 57.6 Å². The van der Waals surface area contributed by atoms with Crippen molar-refractivity contribution in [2.24, 2.45) is 0 Å². The number of aromatic nitrogens is 3. The molecular weight excluding hydrogens is 376 g/mol. The lowest BCUT2D eigenvalue weighted by Crippen LogP contribution is -2.27. The number of nitrogens with zero attached hydrogens (tertiary/aromatic N) is 5. The van der Waals surface area contributed by atoms with E-state index in [2.05, 4.69) is 20.9 Å². The molecule has 4 rings (SSSR count). The molecule has 1 aliphatic heterocycles. The SMILES string of the molecule is CN(Cc1cccnc1)c1nc2c(c(=O)[nH]1)CCN(Cc1ccccc1C#N)CC2. The van der Waals surface area contributed by atoms with Gasteiger partial charge in [-0.1, -0.05) is 24.3 Å². The Labute approximate surface area is 175 Å².